The van der Waals surface area contributed by atoms with E-state index in [0.29, 0.717) is 28.4 Å². The lowest BCUT2D eigenvalue weighted by molar-refractivity contribution is -0.122. The van der Waals surface area contributed by atoms with Crippen molar-refractivity contribution in [1.82, 2.24) is 4.68 Å². The number of amides is 3. The van der Waals surface area contributed by atoms with Gasteiger partial charge in [-0.1, -0.05) is 6.07 Å². The van der Waals surface area contributed by atoms with E-state index < -0.39 is 5.92 Å². The van der Waals surface area contributed by atoms with Gasteiger partial charge in [-0.2, -0.15) is 0 Å². The van der Waals surface area contributed by atoms with Crippen molar-refractivity contribution in [2.24, 2.45) is 5.92 Å². The van der Waals surface area contributed by atoms with Crippen LogP contribution in [0.2, 0.25) is 0 Å². The Hall–Kier alpha value is -4.27. The first kappa shape index (κ1) is 23.9. The average Bonchev–Trinajstić information content (AvgIpc) is 3.40. The first-order valence-electron chi connectivity index (χ1n) is 11.2. The van der Waals surface area contributed by atoms with Crippen molar-refractivity contribution in [3.8, 4) is 11.5 Å². The maximum absolute atomic E-state index is 13.0. The maximum atomic E-state index is 13.0. The maximum Gasteiger partial charge on any atom is 0.270 e. The SMILES string of the molecule is COc1ccc(OC)c(N2C[C@H](C(=O)Nc3cccc(C(=O)Nn4c(C)ccc4C)c3)CC2=O)c1. The molecule has 2 heterocycles. The summed E-state index contributed by atoms with van der Waals surface area (Å²) in [5.74, 6) is -0.217. The van der Waals surface area contributed by atoms with Crippen LogP contribution in [0, 0.1) is 19.8 Å². The molecule has 1 aromatic heterocycles. The minimum Gasteiger partial charge on any atom is -0.497 e. The summed E-state index contributed by atoms with van der Waals surface area (Å²) in [6.07, 6.45) is 0.0680. The zero-order valence-corrected chi connectivity index (χ0v) is 20.1. The molecule has 3 aromatic rings. The predicted molar refractivity (Wildman–Crippen MR) is 133 cm³/mol. The predicted octanol–water partition coefficient (Wildman–Crippen LogP) is 3.50. The van der Waals surface area contributed by atoms with Crippen LogP contribution in [-0.4, -0.2) is 43.2 Å². The van der Waals surface area contributed by atoms with E-state index in [4.69, 9.17) is 9.47 Å². The Morgan fingerprint density at radius 2 is 1.71 bits per heavy atom. The van der Waals surface area contributed by atoms with Crippen LogP contribution < -0.4 is 25.1 Å². The molecule has 1 atom stereocenters. The van der Waals surface area contributed by atoms with Crippen molar-refractivity contribution < 1.29 is 23.9 Å². The number of aryl methyl sites for hydroxylation is 2. The standard InChI is InChI=1S/C26H28N4O5/c1-16-8-9-17(2)30(16)28-26(33)18-6-5-7-20(12-18)27-25(32)19-13-24(31)29(15-19)22-14-21(34-3)10-11-23(22)35-4/h5-12,14,19H,13,15H2,1-4H3,(H,27,32)(H,28,33)/t19-/m1/s1. The second kappa shape index (κ2) is 9.92. The molecular weight excluding hydrogens is 448 g/mol. The van der Waals surface area contributed by atoms with Crippen LogP contribution in [0.15, 0.2) is 54.6 Å². The number of nitrogens with zero attached hydrogens (tertiary/aromatic N) is 2. The number of rotatable bonds is 7. The van der Waals surface area contributed by atoms with E-state index >= 15 is 0 Å². The molecule has 3 amide bonds. The van der Waals surface area contributed by atoms with Gasteiger partial charge in [0.25, 0.3) is 5.91 Å². The third-order valence-electron chi connectivity index (χ3n) is 6.05. The number of ether oxygens (including phenoxy) is 2. The highest BCUT2D eigenvalue weighted by Gasteiger charge is 2.36. The van der Waals surface area contributed by atoms with Crippen molar-refractivity contribution >= 4 is 29.1 Å². The van der Waals surface area contributed by atoms with Crippen molar-refractivity contribution in [3.63, 3.8) is 0 Å². The van der Waals surface area contributed by atoms with Gasteiger partial charge >= 0.3 is 0 Å². The number of anilines is 2. The lowest BCUT2D eigenvalue weighted by Crippen LogP contribution is -2.28. The molecule has 2 N–H and O–H groups in total. The van der Waals surface area contributed by atoms with Gasteiger partial charge in [-0.05, 0) is 56.3 Å². The van der Waals surface area contributed by atoms with Crippen molar-refractivity contribution in [3.05, 3.63) is 71.5 Å². The highest BCUT2D eigenvalue weighted by molar-refractivity contribution is 6.05. The molecule has 1 aliphatic heterocycles. The second-order valence-corrected chi connectivity index (χ2v) is 8.41. The first-order valence-corrected chi connectivity index (χ1v) is 11.2. The van der Waals surface area contributed by atoms with E-state index in [0.717, 1.165) is 11.4 Å². The van der Waals surface area contributed by atoms with E-state index in [9.17, 15) is 14.4 Å². The molecule has 1 fully saturated rings. The van der Waals surface area contributed by atoms with Crippen LogP contribution in [0.3, 0.4) is 0 Å². The van der Waals surface area contributed by atoms with Crippen LogP contribution in [0.5, 0.6) is 11.5 Å². The minimum atomic E-state index is -0.555. The summed E-state index contributed by atoms with van der Waals surface area (Å²) in [5.41, 5.74) is 6.10. The largest absolute Gasteiger partial charge is 0.497 e. The molecule has 0 saturated carbocycles. The fraction of sp³-hybridized carbons (Fsp3) is 0.269. The summed E-state index contributed by atoms with van der Waals surface area (Å²) in [4.78, 5) is 40.0. The zero-order valence-electron chi connectivity index (χ0n) is 20.1. The number of benzene rings is 2. The van der Waals surface area contributed by atoms with Crippen LogP contribution >= 0.6 is 0 Å². The zero-order chi connectivity index (χ0) is 25.1. The normalized spacial score (nSPS) is 15.1. The molecule has 0 aliphatic carbocycles. The molecule has 0 spiro atoms. The summed E-state index contributed by atoms with van der Waals surface area (Å²) in [6.45, 7) is 4.01. The van der Waals surface area contributed by atoms with Gasteiger partial charge in [0.1, 0.15) is 11.5 Å². The highest BCUT2D eigenvalue weighted by Crippen LogP contribution is 2.36. The topological polar surface area (TPSA) is 102 Å². The lowest BCUT2D eigenvalue weighted by atomic mass is 10.1. The van der Waals surface area contributed by atoms with E-state index in [1.165, 1.54) is 12.0 Å². The summed E-state index contributed by atoms with van der Waals surface area (Å²) in [5, 5.41) is 2.84. The van der Waals surface area contributed by atoms with Crippen molar-refractivity contribution in [1.29, 1.82) is 0 Å². The summed E-state index contributed by atoms with van der Waals surface area (Å²) < 4.78 is 12.4. The van der Waals surface area contributed by atoms with E-state index in [2.05, 4.69) is 10.7 Å². The summed E-state index contributed by atoms with van der Waals surface area (Å²) >= 11 is 0. The second-order valence-electron chi connectivity index (χ2n) is 8.41. The monoisotopic (exact) mass is 476 g/mol. The number of hydrogen-bond acceptors (Lipinski definition) is 5. The number of carbonyl (C=O) groups is 3. The van der Waals surface area contributed by atoms with E-state index in [1.54, 1.807) is 54.3 Å². The Bertz CT molecular complexity index is 1260. The molecule has 1 saturated heterocycles. The number of nitrogens with one attached hydrogen (secondary N) is 2. The van der Waals surface area contributed by atoms with E-state index in [1.807, 2.05) is 26.0 Å². The number of hydrogen-bond donors (Lipinski definition) is 2. The third-order valence-corrected chi connectivity index (χ3v) is 6.05. The van der Waals surface area contributed by atoms with Crippen molar-refractivity contribution in [2.45, 2.75) is 20.3 Å². The molecule has 2 aromatic carbocycles. The van der Waals surface area contributed by atoms with Crippen LogP contribution in [0.25, 0.3) is 0 Å². The van der Waals surface area contributed by atoms with E-state index in [-0.39, 0.29) is 30.7 Å². The highest BCUT2D eigenvalue weighted by atomic mass is 16.5. The molecule has 182 valence electrons. The van der Waals surface area contributed by atoms with Gasteiger partial charge in [0.2, 0.25) is 11.8 Å². The molecule has 1 aliphatic rings. The first-order chi connectivity index (χ1) is 16.8. The molecule has 0 radical (unpaired) electrons. The van der Waals surface area contributed by atoms with Crippen molar-refractivity contribution in [2.75, 3.05) is 36.4 Å². The molecule has 4 rings (SSSR count). The van der Waals surface area contributed by atoms with Gasteiger partial charge in [0.15, 0.2) is 0 Å². The van der Waals surface area contributed by atoms with Gasteiger partial charge in [-0.15, -0.1) is 0 Å². The quantitative estimate of drug-likeness (QED) is 0.544. The molecule has 0 unspecified atom stereocenters. The molecule has 0 bridgehead atoms. The lowest BCUT2D eigenvalue weighted by Gasteiger charge is -2.20. The smallest absolute Gasteiger partial charge is 0.270 e. The molecule has 9 nitrogen and oxygen atoms in total. The number of methoxy groups -OCH3 is 2. The van der Waals surface area contributed by atoms with Gasteiger partial charge in [-0.25, -0.2) is 0 Å². The van der Waals surface area contributed by atoms with Crippen LogP contribution in [-0.2, 0) is 9.59 Å². The summed E-state index contributed by atoms with van der Waals surface area (Å²) in [7, 11) is 3.07. The fourth-order valence-corrected chi connectivity index (χ4v) is 4.12. The fourth-order valence-electron chi connectivity index (χ4n) is 4.12. The Kier molecular flexibility index (Phi) is 6.77. The van der Waals surface area contributed by atoms with Gasteiger partial charge < -0.3 is 19.7 Å². The summed E-state index contributed by atoms with van der Waals surface area (Å²) in [6, 6.07) is 15.7. The average molecular weight is 477 g/mol. The Balaban J connectivity index is 1.45. The van der Waals surface area contributed by atoms with Gasteiger partial charge in [0, 0.05) is 41.7 Å². The Morgan fingerprint density at radius 3 is 2.40 bits per heavy atom. The Labute approximate surface area is 203 Å². The van der Waals surface area contributed by atoms with Crippen LogP contribution in [0.1, 0.15) is 28.2 Å². The van der Waals surface area contributed by atoms with Crippen LogP contribution in [0.4, 0.5) is 11.4 Å². The van der Waals surface area contributed by atoms with Gasteiger partial charge in [-0.3, -0.25) is 24.5 Å². The number of aromatic nitrogens is 1. The minimum absolute atomic E-state index is 0.0680. The number of carbonyl (C=O) groups excluding carboxylic acids is 3. The third kappa shape index (κ3) is 4.98. The molecular formula is C26H28N4O5. The van der Waals surface area contributed by atoms with Gasteiger partial charge in [0.05, 0.1) is 25.8 Å². The molecule has 9 heteroatoms. The molecule has 35 heavy (non-hydrogen) atoms. The Morgan fingerprint density at radius 1 is 0.971 bits per heavy atom.